The molecule has 1 aromatic carbocycles. The molecule has 0 fully saturated rings. The van der Waals surface area contributed by atoms with Crippen LogP contribution in [0.2, 0.25) is 0 Å². The molecule has 1 N–H and O–H groups in total. The van der Waals surface area contributed by atoms with E-state index in [1.165, 1.54) is 30.4 Å². The average molecular weight is 539 g/mol. The van der Waals surface area contributed by atoms with Crippen molar-refractivity contribution in [2.24, 2.45) is 11.8 Å². The molecule has 0 saturated heterocycles. The van der Waals surface area contributed by atoms with Gasteiger partial charge in [0.15, 0.2) is 0 Å². The van der Waals surface area contributed by atoms with Gasteiger partial charge >= 0.3 is 12.1 Å². The number of halogens is 3. The van der Waals surface area contributed by atoms with Crippen molar-refractivity contribution in [1.82, 2.24) is 4.90 Å². The summed E-state index contributed by atoms with van der Waals surface area (Å²) in [6.45, 7) is 11.5. The quantitative estimate of drug-likeness (QED) is 0.349. The Morgan fingerprint density at radius 2 is 1.86 bits per heavy atom. The summed E-state index contributed by atoms with van der Waals surface area (Å²) >= 11 is 1.18. The molecule has 3 rings (SSSR count). The van der Waals surface area contributed by atoms with Crippen LogP contribution < -0.4 is 10.1 Å². The van der Waals surface area contributed by atoms with Gasteiger partial charge in [0.1, 0.15) is 22.9 Å². The molecule has 0 aliphatic heterocycles. The fraction of sp³-hybridized carbons (Fsp3) is 0.481. The van der Waals surface area contributed by atoms with Crippen molar-refractivity contribution >= 4 is 43.9 Å². The molecule has 6 nitrogen and oxygen atoms in total. The SMILES string of the molecule is CCOC(=O)c1c(NC(C)=O)sc2c(OCCN(CC)CC)c(C3=CC(C)C(C(F)(F)F)C=C3)ccc12. The van der Waals surface area contributed by atoms with E-state index in [4.69, 9.17) is 9.47 Å². The maximum atomic E-state index is 13.4. The van der Waals surface area contributed by atoms with E-state index in [-0.39, 0.29) is 18.1 Å². The summed E-state index contributed by atoms with van der Waals surface area (Å²) in [5, 5.41) is 3.60. The predicted molar refractivity (Wildman–Crippen MR) is 141 cm³/mol. The minimum atomic E-state index is -4.33. The molecular weight excluding hydrogens is 505 g/mol. The second kappa shape index (κ2) is 12.1. The van der Waals surface area contributed by atoms with Gasteiger partial charge in [0.05, 0.1) is 17.2 Å². The highest BCUT2D eigenvalue weighted by molar-refractivity contribution is 7.24. The summed E-state index contributed by atoms with van der Waals surface area (Å²) in [5.41, 5.74) is 1.47. The molecule has 1 amide bonds. The van der Waals surface area contributed by atoms with Gasteiger partial charge in [0, 0.05) is 24.4 Å². The van der Waals surface area contributed by atoms with E-state index in [1.807, 2.05) is 0 Å². The number of benzene rings is 1. The summed E-state index contributed by atoms with van der Waals surface area (Å²) < 4.78 is 52.4. The van der Waals surface area contributed by atoms with E-state index in [0.29, 0.717) is 45.1 Å². The average Bonchev–Trinajstić information content (AvgIpc) is 3.18. The van der Waals surface area contributed by atoms with Crippen LogP contribution in [0.4, 0.5) is 18.2 Å². The van der Waals surface area contributed by atoms with Gasteiger partial charge in [-0.25, -0.2) is 4.79 Å². The number of allylic oxidation sites excluding steroid dienone is 4. The number of fused-ring (bicyclic) bond motifs is 1. The fourth-order valence-electron chi connectivity index (χ4n) is 4.39. The van der Waals surface area contributed by atoms with Crippen LogP contribution in [-0.2, 0) is 9.53 Å². The zero-order valence-corrected chi connectivity index (χ0v) is 22.5. The standard InChI is InChI=1S/C27H33F3N2O4S/c1-6-32(7-2)13-14-36-23-19(18-9-12-21(16(4)15-18)27(28,29)30)10-11-20-22(26(34)35-8-3)25(31-17(5)33)37-24(20)23/h9-12,15-16,21H,6-8,13-14H2,1-5H3,(H,31,33). The lowest BCUT2D eigenvalue weighted by Gasteiger charge is -2.26. The normalized spacial score (nSPS) is 17.7. The maximum Gasteiger partial charge on any atom is 0.395 e. The Morgan fingerprint density at radius 1 is 1.16 bits per heavy atom. The van der Waals surface area contributed by atoms with Crippen molar-refractivity contribution in [2.75, 3.05) is 38.2 Å². The molecule has 2 atom stereocenters. The van der Waals surface area contributed by atoms with Gasteiger partial charge in [-0.2, -0.15) is 13.2 Å². The second-order valence-corrected chi connectivity index (χ2v) is 9.83. The Bertz CT molecular complexity index is 1200. The largest absolute Gasteiger partial charge is 0.490 e. The van der Waals surface area contributed by atoms with Crippen molar-refractivity contribution in [2.45, 2.75) is 40.8 Å². The molecular formula is C27H33F3N2O4S. The van der Waals surface area contributed by atoms with E-state index in [0.717, 1.165) is 13.1 Å². The molecule has 1 aliphatic carbocycles. The Labute approximate surface area is 219 Å². The van der Waals surface area contributed by atoms with Crippen LogP contribution >= 0.6 is 11.3 Å². The minimum absolute atomic E-state index is 0.164. The number of carbonyl (C=O) groups excluding carboxylic acids is 2. The van der Waals surface area contributed by atoms with Gasteiger partial charge < -0.3 is 19.7 Å². The zero-order chi connectivity index (χ0) is 27.3. The number of alkyl halides is 3. The third-order valence-corrected chi connectivity index (χ3v) is 7.43. The van der Waals surface area contributed by atoms with Crippen LogP contribution in [0.15, 0.2) is 30.4 Å². The van der Waals surface area contributed by atoms with E-state index in [2.05, 4.69) is 24.1 Å². The summed E-state index contributed by atoms with van der Waals surface area (Å²) in [7, 11) is 0. The van der Waals surface area contributed by atoms with Crippen LogP contribution in [0.1, 0.15) is 50.5 Å². The molecule has 0 radical (unpaired) electrons. The van der Waals surface area contributed by atoms with Crippen molar-refractivity contribution in [3.05, 3.63) is 41.5 Å². The highest BCUT2D eigenvalue weighted by Crippen LogP contribution is 2.46. The number of hydrogen-bond donors (Lipinski definition) is 1. The predicted octanol–water partition coefficient (Wildman–Crippen LogP) is 6.52. The number of nitrogens with one attached hydrogen (secondary N) is 1. The number of ether oxygens (including phenoxy) is 2. The second-order valence-electron chi connectivity index (χ2n) is 8.81. The molecule has 1 heterocycles. The molecule has 2 unspecified atom stereocenters. The number of thiophene rings is 1. The molecule has 37 heavy (non-hydrogen) atoms. The van der Waals surface area contributed by atoms with Gasteiger partial charge in [-0.1, -0.05) is 45.1 Å². The summed E-state index contributed by atoms with van der Waals surface area (Å²) in [5.74, 6) is -2.77. The topological polar surface area (TPSA) is 67.9 Å². The first-order valence-corrected chi connectivity index (χ1v) is 13.2. The van der Waals surface area contributed by atoms with Gasteiger partial charge in [0.25, 0.3) is 0 Å². The third-order valence-electron chi connectivity index (χ3n) is 6.31. The van der Waals surface area contributed by atoms with Crippen molar-refractivity contribution in [3.63, 3.8) is 0 Å². The number of nitrogens with zero attached hydrogens (tertiary/aromatic N) is 1. The number of likely N-dealkylation sites (N-methyl/N-ethyl adjacent to an activating group) is 1. The van der Waals surface area contributed by atoms with Crippen LogP contribution in [0.5, 0.6) is 5.75 Å². The highest BCUT2D eigenvalue weighted by atomic mass is 32.1. The highest BCUT2D eigenvalue weighted by Gasteiger charge is 2.42. The minimum Gasteiger partial charge on any atom is -0.490 e. The molecule has 0 spiro atoms. The monoisotopic (exact) mass is 538 g/mol. The van der Waals surface area contributed by atoms with Gasteiger partial charge in [0.2, 0.25) is 5.91 Å². The number of hydrogen-bond acceptors (Lipinski definition) is 6. The van der Waals surface area contributed by atoms with E-state index in [1.54, 1.807) is 32.1 Å². The van der Waals surface area contributed by atoms with E-state index < -0.39 is 24.0 Å². The molecule has 0 saturated carbocycles. The smallest absolute Gasteiger partial charge is 0.395 e. The zero-order valence-electron chi connectivity index (χ0n) is 21.7. The molecule has 0 bridgehead atoms. The summed E-state index contributed by atoms with van der Waals surface area (Å²) in [6.07, 6.45) is -0.0675. The Morgan fingerprint density at radius 3 is 2.43 bits per heavy atom. The van der Waals surface area contributed by atoms with Crippen LogP contribution in [0.3, 0.4) is 0 Å². The number of rotatable bonds is 10. The molecule has 10 heteroatoms. The van der Waals surface area contributed by atoms with Crippen molar-refractivity contribution < 1.29 is 32.2 Å². The number of anilines is 1. The van der Waals surface area contributed by atoms with Crippen LogP contribution in [0, 0.1) is 11.8 Å². The summed E-state index contributed by atoms with van der Waals surface area (Å²) in [6, 6.07) is 3.48. The van der Waals surface area contributed by atoms with E-state index in [9.17, 15) is 22.8 Å². The summed E-state index contributed by atoms with van der Waals surface area (Å²) in [4.78, 5) is 26.9. The first-order chi connectivity index (χ1) is 17.5. The third kappa shape index (κ3) is 6.54. The van der Waals surface area contributed by atoms with Crippen LogP contribution in [-0.4, -0.2) is 55.8 Å². The van der Waals surface area contributed by atoms with Gasteiger partial charge in [-0.15, -0.1) is 11.3 Å². The number of carbonyl (C=O) groups is 2. The van der Waals surface area contributed by atoms with Crippen LogP contribution in [0.25, 0.3) is 15.7 Å². The molecule has 1 aliphatic rings. The van der Waals surface area contributed by atoms with Gasteiger partial charge in [-0.05, 0) is 37.6 Å². The Hall–Kier alpha value is -2.85. The van der Waals surface area contributed by atoms with Crippen molar-refractivity contribution in [3.8, 4) is 5.75 Å². The molecule has 2 aromatic rings. The number of esters is 1. The molecule has 1 aromatic heterocycles. The molecule has 202 valence electrons. The van der Waals surface area contributed by atoms with Gasteiger partial charge in [-0.3, -0.25) is 4.79 Å². The first kappa shape index (κ1) is 28.7. The van der Waals surface area contributed by atoms with E-state index >= 15 is 0 Å². The Kier molecular flexibility index (Phi) is 9.41. The lowest BCUT2D eigenvalue weighted by Crippen LogP contribution is -2.28. The fourth-order valence-corrected chi connectivity index (χ4v) is 5.63. The maximum absolute atomic E-state index is 13.4. The van der Waals surface area contributed by atoms with Crippen molar-refractivity contribution in [1.29, 1.82) is 0 Å². The number of amides is 1. The lowest BCUT2D eigenvalue weighted by molar-refractivity contribution is -0.168. The lowest BCUT2D eigenvalue weighted by atomic mass is 9.84. The Balaban J connectivity index is 2.15. The first-order valence-electron chi connectivity index (χ1n) is 12.4.